The van der Waals surface area contributed by atoms with Gasteiger partial charge in [-0.25, -0.2) is 0 Å². The highest BCUT2D eigenvalue weighted by atomic mass is 16.5. The Morgan fingerprint density at radius 2 is 1.42 bits per heavy atom. The number of ether oxygens (including phenoxy) is 1. The average molecular weight is 170 g/mol. The van der Waals surface area contributed by atoms with Crippen LogP contribution in [-0.2, 0) is 4.74 Å². The Morgan fingerprint density at radius 3 is 1.67 bits per heavy atom. The molecule has 1 fully saturated rings. The number of hydrogen-bond acceptors (Lipinski definition) is 1. The number of hydrogen-bond donors (Lipinski definition) is 0. The molecule has 0 bridgehead atoms. The largest absolute Gasteiger partial charge is 0.380 e. The van der Waals surface area contributed by atoms with Crippen molar-refractivity contribution in [1.29, 1.82) is 0 Å². The van der Waals surface area contributed by atoms with E-state index in [1.54, 1.807) is 0 Å². The van der Waals surface area contributed by atoms with Crippen LogP contribution in [0.25, 0.3) is 0 Å². The van der Waals surface area contributed by atoms with E-state index in [9.17, 15) is 0 Å². The molecule has 0 amide bonds. The molecule has 0 heterocycles. The van der Waals surface area contributed by atoms with Crippen LogP contribution in [0.2, 0.25) is 0 Å². The highest BCUT2D eigenvalue weighted by Gasteiger charge is 2.43. The molecule has 0 spiro atoms. The molecule has 0 unspecified atom stereocenters. The van der Waals surface area contributed by atoms with Gasteiger partial charge in [0.2, 0.25) is 0 Å². The van der Waals surface area contributed by atoms with Crippen LogP contribution >= 0.6 is 0 Å². The second-order valence-corrected chi connectivity index (χ2v) is 5.45. The second-order valence-electron chi connectivity index (χ2n) is 5.45. The van der Waals surface area contributed by atoms with E-state index in [0.29, 0.717) is 16.9 Å². The van der Waals surface area contributed by atoms with Crippen LogP contribution in [0.15, 0.2) is 0 Å². The SMILES string of the molecule is COC1C(C)(C)CCCC1(C)C. The van der Waals surface area contributed by atoms with Crippen LogP contribution in [0.1, 0.15) is 47.0 Å². The zero-order valence-corrected chi connectivity index (χ0v) is 9.11. The van der Waals surface area contributed by atoms with Gasteiger partial charge in [-0.2, -0.15) is 0 Å². The zero-order chi connectivity index (χ0) is 9.41. The quantitative estimate of drug-likeness (QED) is 0.587. The highest BCUT2D eigenvalue weighted by molar-refractivity contribution is 4.94. The van der Waals surface area contributed by atoms with Gasteiger partial charge in [0, 0.05) is 7.11 Å². The molecule has 72 valence electrons. The first-order chi connectivity index (χ1) is 5.40. The summed E-state index contributed by atoms with van der Waals surface area (Å²) < 4.78 is 5.62. The van der Waals surface area contributed by atoms with Crippen molar-refractivity contribution in [2.45, 2.75) is 53.1 Å². The summed E-state index contributed by atoms with van der Waals surface area (Å²) in [5.41, 5.74) is 0.715. The third-order valence-corrected chi connectivity index (χ3v) is 3.30. The summed E-state index contributed by atoms with van der Waals surface area (Å²) in [6.07, 6.45) is 4.36. The molecule has 1 rings (SSSR count). The maximum absolute atomic E-state index is 5.62. The van der Waals surface area contributed by atoms with Crippen LogP contribution in [0, 0.1) is 10.8 Å². The van der Waals surface area contributed by atoms with Crippen LogP contribution in [-0.4, -0.2) is 13.2 Å². The molecule has 0 saturated heterocycles. The average Bonchev–Trinajstić information content (AvgIpc) is 1.83. The third-order valence-electron chi connectivity index (χ3n) is 3.30. The molecule has 0 radical (unpaired) electrons. The van der Waals surface area contributed by atoms with E-state index in [2.05, 4.69) is 27.7 Å². The summed E-state index contributed by atoms with van der Waals surface area (Å²) in [5.74, 6) is 0. The van der Waals surface area contributed by atoms with Crippen molar-refractivity contribution in [3.05, 3.63) is 0 Å². The standard InChI is InChI=1S/C11H22O/c1-10(2)7-6-8-11(3,4)9(10)12-5/h9H,6-8H2,1-5H3. The summed E-state index contributed by atoms with van der Waals surface area (Å²) >= 11 is 0. The fraction of sp³-hybridized carbons (Fsp3) is 1.00. The van der Waals surface area contributed by atoms with E-state index in [4.69, 9.17) is 4.74 Å². The van der Waals surface area contributed by atoms with Crippen LogP contribution < -0.4 is 0 Å². The fourth-order valence-electron chi connectivity index (χ4n) is 2.96. The molecule has 1 aliphatic rings. The predicted molar refractivity (Wildman–Crippen MR) is 52.2 cm³/mol. The summed E-state index contributed by atoms with van der Waals surface area (Å²) in [4.78, 5) is 0. The first-order valence-electron chi connectivity index (χ1n) is 4.93. The minimum absolute atomic E-state index is 0.358. The van der Waals surface area contributed by atoms with Crippen molar-refractivity contribution in [2.75, 3.05) is 7.11 Å². The van der Waals surface area contributed by atoms with Crippen molar-refractivity contribution < 1.29 is 4.74 Å². The molecule has 0 aliphatic heterocycles. The van der Waals surface area contributed by atoms with Gasteiger partial charge in [0.1, 0.15) is 0 Å². The van der Waals surface area contributed by atoms with Crippen LogP contribution in [0.3, 0.4) is 0 Å². The molecule has 12 heavy (non-hydrogen) atoms. The van der Waals surface area contributed by atoms with Crippen molar-refractivity contribution in [3.63, 3.8) is 0 Å². The number of rotatable bonds is 1. The topological polar surface area (TPSA) is 9.23 Å². The Hall–Kier alpha value is -0.0400. The normalized spacial score (nSPS) is 28.8. The van der Waals surface area contributed by atoms with Gasteiger partial charge in [-0.3, -0.25) is 0 Å². The van der Waals surface area contributed by atoms with Gasteiger partial charge in [-0.1, -0.05) is 34.1 Å². The van der Waals surface area contributed by atoms with E-state index in [-0.39, 0.29) is 0 Å². The van der Waals surface area contributed by atoms with Crippen LogP contribution in [0.4, 0.5) is 0 Å². The van der Waals surface area contributed by atoms with Gasteiger partial charge < -0.3 is 4.74 Å². The molecule has 0 N–H and O–H groups in total. The molecular weight excluding hydrogens is 148 g/mol. The Bertz CT molecular complexity index is 142. The van der Waals surface area contributed by atoms with Gasteiger partial charge in [-0.15, -0.1) is 0 Å². The van der Waals surface area contributed by atoms with Crippen molar-refractivity contribution in [2.24, 2.45) is 10.8 Å². The Kier molecular flexibility index (Phi) is 2.53. The second kappa shape index (κ2) is 3.02. The van der Waals surface area contributed by atoms with Crippen molar-refractivity contribution in [1.82, 2.24) is 0 Å². The lowest BCUT2D eigenvalue weighted by Crippen LogP contribution is -2.46. The monoisotopic (exact) mass is 170 g/mol. The predicted octanol–water partition coefficient (Wildman–Crippen LogP) is 3.24. The summed E-state index contributed by atoms with van der Waals surface area (Å²) in [6.45, 7) is 9.29. The van der Waals surface area contributed by atoms with Gasteiger partial charge in [0.25, 0.3) is 0 Å². The molecule has 1 nitrogen and oxygen atoms in total. The molecule has 1 aliphatic carbocycles. The van der Waals surface area contributed by atoms with Crippen molar-refractivity contribution in [3.8, 4) is 0 Å². The molecular formula is C11H22O. The van der Waals surface area contributed by atoms with E-state index in [1.165, 1.54) is 19.3 Å². The smallest absolute Gasteiger partial charge is 0.0673 e. The Balaban J connectivity index is 2.81. The van der Waals surface area contributed by atoms with Gasteiger partial charge >= 0.3 is 0 Å². The lowest BCUT2D eigenvalue weighted by atomic mass is 9.63. The molecule has 1 saturated carbocycles. The first-order valence-corrected chi connectivity index (χ1v) is 4.93. The fourth-order valence-corrected chi connectivity index (χ4v) is 2.96. The molecule has 1 heteroatoms. The van der Waals surface area contributed by atoms with E-state index < -0.39 is 0 Å². The Morgan fingerprint density at radius 1 is 1.00 bits per heavy atom. The molecule has 0 aromatic carbocycles. The molecule has 0 aromatic heterocycles. The third kappa shape index (κ3) is 1.66. The lowest BCUT2D eigenvalue weighted by molar-refractivity contribution is -0.100. The minimum Gasteiger partial charge on any atom is -0.380 e. The van der Waals surface area contributed by atoms with Crippen LogP contribution in [0.5, 0.6) is 0 Å². The molecule has 0 aromatic rings. The maximum Gasteiger partial charge on any atom is 0.0673 e. The summed E-state index contributed by atoms with van der Waals surface area (Å²) in [5, 5.41) is 0. The number of methoxy groups -OCH3 is 1. The maximum atomic E-state index is 5.62. The highest BCUT2D eigenvalue weighted by Crippen LogP contribution is 2.47. The lowest BCUT2D eigenvalue weighted by Gasteiger charge is -2.48. The van der Waals surface area contributed by atoms with Crippen molar-refractivity contribution >= 4 is 0 Å². The van der Waals surface area contributed by atoms with E-state index in [1.807, 2.05) is 7.11 Å². The van der Waals surface area contributed by atoms with E-state index >= 15 is 0 Å². The summed E-state index contributed by atoms with van der Waals surface area (Å²) in [6, 6.07) is 0. The van der Waals surface area contributed by atoms with Gasteiger partial charge in [0.05, 0.1) is 6.10 Å². The van der Waals surface area contributed by atoms with Gasteiger partial charge in [-0.05, 0) is 23.7 Å². The van der Waals surface area contributed by atoms with Gasteiger partial charge in [0.15, 0.2) is 0 Å². The summed E-state index contributed by atoms with van der Waals surface area (Å²) in [7, 11) is 1.85. The molecule has 0 atom stereocenters. The zero-order valence-electron chi connectivity index (χ0n) is 9.11. The van der Waals surface area contributed by atoms with E-state index in [0.717, 1.165) is 0 Å². The Labute approximate surface area is 76.5 Å². The first kappa shape index (κ1) is 10.0. The minimum atomic E-state index is 0.358.